The van der Waals surface area contributed by atoms with Gasteiger partial charge in [0.2, 0.25) is 0 Å². The summed E-state index contributed by atoms with van der Waals surface area (Å²) in [5.41, 5.74) is 1.13. The Kier molecular flexibility index (Phi) is 2.77. The quantitative estimate of drug-likeness (QED) is 0.636. The molecule has 2 fully saturated rings. The van der Waals surface area contributed by atoms with Crippen LogP contribution in [0.3, 0.4) is 0 Å². The highest BCUT2D eigenvalue weighted by atomic mass is 28.3. The molecule has 2 aliphatic heterocycles. The normalized spacial score (nSPS) is 35.5. The SMILES string of the molecule is C[Si](C)(C1CCCO1)C1CCCO1. The molecule has 2 nitrogen and oxygen atoms in total. The molecule has 0 amide bonds. The second-order valence-corrected chi connectivity index (χ2v) is 9.76. The Bertz CT molecular complexity index is 152. The van der Waals surface area contributed by atoms with Crippen LogP contribution in [0.4, 0.5) is 0 Å². The van der Waals surface area contributed by atoms with Crippen LogP contribution >= 0.6 is 0 Å². The van der Waals surface area contributed by atoms with E-state index >= 15 is 0 Å². The van der Waals surface area contributed by atoms with Gasteiger partial charge in [-0.25, -0.2) is 0 Å². The summed E-state index contributed by atoms with van der Waals surface area (Å²) in [6, 6.07) is 0. The highest BCUT2D eigenvalue weighted by Crippen LogP contribution is 2.31. The molecule has 0 spiro atoms. The first-order valence-corrected chi connectivity index (χ1v) is 8.60. The zero-order valence-corrected chi connectivity index (χ0v) is 9.71. The summed E-state index contributed by atoms with van der Waals surface area (Å²) in [6.45, 7) is 6.82. The van der Waals surface area contributed by atoms with Crippen LogP contribution in [0.1, 0.15) is 25.7 Å². The summed E-state index contributed by atoms with van der Waals surface area (Å²) in [7, 11) is -1.28. The lowest BCUT2D eigenvalue weighted by molar-refractivity contribution is 0.127. The Labute approximate surface area is 81.6 Å². The summed E-state index contributed by atoms with van der Waals surface area (Å²) in [6.07, 6.45) is 5.07. The third-order valence-corrected chi connectivity index (χ3v) is 7.75. The van der Waals surface area contributed by atoms with Crippen LogP contribution in [-0.2, 0) is 9.47 Å². The van der Waals surface area contributed by atoms with Gasteiger partial charge in [-0.1, -0.05) is 13.1 Å². The molecule has 2 atom stereocenters. The van der Waals surface area contributed by atoms with E-state index in [0.717, 1.165) is 13.2 Å². The second kappa shape index (κ2) is 3.71. The van der Waals surface area contributed by atoms with E-state index in [9.17, 15) is 0 Å². The zero-order valence-electron chi connectivity index (χ0n) is 8.71. The van der Waals surface area contributed by atoms with Crippen molar-refractivity contribution in [2.24, 2.45) is 0 Å². The standard InChI is InChI=1S/C10H20O2Si/c1-13(2,9-5-3-7-11-9)10-6-4-8-12-10/h9-10H,3-8H2,1-2H3. The second-order valence-electron chi connectivity index (χ2n) is 4.82. The molecular weight excluding hydrogens is 180 g/mol. The molecule has 2 heterocycles. The predicted octanol–water partition coefficient (Wildman–Crippen LogP) is 2.13. The predicted molar refractivity (Wildman–Crippen MR) is 55.4 cm³/mol. The first-order chi connectivity index (χ1) is 6.21. The van der Waals surface area contributed by atoms with Gasteiger partial charge in [0, 0.05) is 13.2 Å². The summed E-state index contributed by atoms with van der Waals surface area (Å²) in [4.78, 5) is 0. The molecule has 0 N–H and O–H groups in total. The Hall–Kier alpha value is 0.137. The fraction of sp³-hybridized carbons (Fsp3) is 1.00. The molecule has 76 valence electrons. The largest absolute Gasteiger partial charge is 0.381 e. The van der Waals surface area contributed by atoms with Crippen LogP contribution in [0.25, 0.3) is 0 Å². The smallest absolute Gasteiger partial charge is 0.114 e. The molecule has 0 aromatic rings. The van der Waals surface area contributed by atoms with Gasteiger partial charge in [-0.2, -0.15) is 0 Å². The molecule has 0 radical (unpaired) electrons. The van der Waals surface area contributed by atoms with Gasteiger partial charge < -0.3 is 9.47 Å². The lowest BCUT2D eigenvalue weighted by Gasteiger charge is -2.33. The Morgan fingerprint density at radius 2 is 1.38 bits per heavy atom. The molecule has 3 heteroatoms. The molecule has 2 aliphatic rings. The fourth-order valence-corrected chi connectivity index (χ4v) is 5.94. The molecule has 0 aliphatic carbocycles. The van der Waals surface area contributed by atoms with E-state index in [1.165, 1.54) is 25.7 Å². The van der Waals surface area contributed by atoms with Gasteiger partial charge in [0.1, 0.15) is 8.07 Å². The van der Waals surface area contributed by atoms with Crippen LogP contribution in [-0.4, -0.2) is 32.7 Å². The maximum atomic E-state index is 5.81. The average Bonchev–Trinajstić information content (AvgIpc) is 2.78. The van der Waals surface area contributed by atoms with Crippen LogP contribution < -0.4 is 0 Å². The molecule has 2 rings (SSSR count). The highest BCUT2D eigenvalue weighted by molar-refractivity contribution is 6.79. The lowest BCUT2D eigenvalue weighted by atomic mass is 10.4. The van der Waals surface area contributed by atoms with Crippen molar-refractivity contribution in [3.63, 3.8) is 0 Å². The van der Waals surface area contributed by atoms with Crippen molar-refractivity contribution in [1.82, 2.24) is 0 Å². The van der Waals surface area contributed by atoms with Gasteiger partial charge in [0.15, 0.2) is 0 Å². The molecule has 13 heavy (non-hydrogen) atoms. The van der Waals surface area contributed by atoms with Crippen molar-refractivity contribution >= 4 is 8.07 Å². The molecule has 0 aromatic heterocycles. The Balaban J connectivity index is 1.99. The summed E-state index contributed by atoms with van der Waals surface area (Å²) >= 11 is 0. The minimum Gasteiger partial charge on any atom is -0.381 e. The maximum absolute atomic E-state index is 5.81. The van der Waals surface area contributed by atoms with Crippen molar-refractivity contribution in [1.29, 1.82) is 0 Å². The molecule has 2 saturated heterocycles. The van der Waals surface area contributed by atoms with E-state index < -0.39 is 8.07 Å². The fourth-order valence-electron chi connectivity index (χ4n) is 2.54. The average molecular weight is 200 g/mol. The van der Waals surface area contributed by atoms with E-state index in [2.05, 4.69) is 13.1 Å². The first kappa shape index (κ1) is 9.68. The van der Waals surface area contributed by atoms with Crippen molar-refractivity contribution in [3.8, 4) is 0 Å². The van der Waals surface area contributed by atoms with Gasteiger partial charge in [-0.15, -0.1) is 0 Å². The third kappa shape index (κ3) is 1.83. The number of ether oxygens (including phenoxy) is 2. The summed E-state index contributed by atoms with van der Waals surface area (Å²) in [5, 5.41) is 0. The first-order valence-electron chi connectivity index (χ1n) is 5.44. The van der Waals surface area contributed by atoms with Crippen LogP contribution in [0.5, 0.6) is 0 Å². The van der Waals surface area contributed by atoms with Crippen LogP contribution in [0.15, 0.2) is 0 Å². The number of rotatable bonds is 2. The van der Waals surface area contributed by atoms with Crippen molar-refractivity contribution in [2.45, 2.75) is 50.2 Å². The zero-order chi connectivity index (χ0) is 9.31. The minimum absolute atomic E-state index is 0.565. The molecular formula is C10H20O2Si. The van der Waals surface area contributed by atoms with E-state index in [1.807, 2.05) is 0 Å². The summed E-state index contributed by atoms with van der Waals surface area (Å²) < 4.78 is 11.6. The molecule has 0 aromatic carbocycles. The van der Waals surface area contributed by atoms with Crippen molar-refractivity contribution in [3.05, 3.63) is 0 Å². The van der Waals surface area contributed by atoms with E-state index in [4.69, 9.17) is 9.47 Å². The van der Waals surface area contributed by atoms with Gasteiger partial charge in [-0.3, -0.25) is 0 Å². The Morgan fingerprint density at radius 1 is 0.923 bits per heavy atom. The van der Waals surface area contributed by atoms with Crippen LogP contribution in [0, 0.1) is 0 Å². The van der Waals surface area contributed by atoms with Crippen molar-refractivity contribution in [2.75, 3.05) is 13.2 Å². The van der Waals surface area contributed by atoms with E-state index in [-0.39, 0.29) is 0 Å². The van der Waals surface area contributed by atoms with Crippen molar-refractivity contribution < 1.29 is 9.47 Å². The van der Waals surface area contributed by atoms with Gasteiger partial charge in [0.25, 0.3) is 0 Å². The third-order valence-electron chi connectivity index (χ3n) is 3.52. The molecule has 0 saturated carbocycles. The summed E-state index contributed by atoms with van der Waals surface area (Å²) in [5.74, 6) is 0. The minimum atomic E-state index is -1.28. The number of hydrogen-bond donors (Lipinski definition) is 0. The molecule has 0 bridgehead atoms. The maximum Gasteiger partial charge on any atom is 0.114 e. The van der Waals surface area contributed by atoms with Gasteiger partial charge >= 0.3 is 0 Å². The molecule has 2 unspecified atom stereocenters. The monoisotopic (exact) mass is 200 g/mol. The van der Waals surface area contributed by atoms with Gasteiger partial charge in [0.05, 0.1) is 11.5 Å². The Morgan fingerprint density at radius 3 is 1.69 bits per heavy atom. The topological polar surface area (TPSA) is 18.5 Å². The lowest BCUT2D eigenvalue weighted by Crippen LogP contribution is -2.52. The van der Waals surface area contributed by atoms with E-state index in [1.54, 1.807) is 0 Å². The van der Waals surface area contributed by atoms with Crippen LogP contribution in [0.2, 0.25) is 13.1 Å². The van der Waals surface area contributed by atoms with Gasteiger partial charge in [-0.05, 0) is 25.7 Å². The van der Waals surface area contributed by atoms with E-state index in [0.29, 0.717) is 11.5 Å². The number of hydrogen-bond acceptors (Lipinski definition) is 2. The highest BCUT2D eigenvalue weighted by Gasteiger charge is 2.43.